The standard InChI is InChI=1S/C28H33Cl2N3O3/c1-19-4-2-7-23(14-19)33(18-26(34)32-10-12-36-13-11-32)28(17-20-5-3-6-21(29)15-20)24-9-8-22(30)16-25(24)31-27(28)35/h3,5-6,8-9,15-16,19,23H,2,4,7,10-14,17-18H2,1H3,(H,31,35)/t19-,23?,28?/m1/s1. The first-order valence-corrected chi connectivity index (χ1v) is 13.6. The zero-order valence-electron chi connectivity index (χ0n) is 20.6. The number of hydrogen-bond donors (Lipinski definition) is 1. The number of benzene rings is 2. The molecule has 3 atom stereocenters. The van der Waals surface area contributed by atoms with E-state index < -0.39 is 5.54 Å². The highest BCUT2D eigenvalue weighted by Gasteiger charge is 2.54. The lowest BCUT2D eigenvalue weighted by molar-refractivity contribution is -0.143. The van der Waals surface area contributed by atoms with Gasteiger partial charge in [0.15, 0.2) is 0 Å². The van der Waals surface area contributed by atoms with Gasteiger partial charge in [-0.15, -0.1) is 0 Å². The minimum Gasteiger partial charge on any atom is -0.378 e. The van der Waals surface area contributed by atoms with E-state index in [1.54, 1.807) is 6.07 Å². The molecule has 2 aliphatic heterocycles. The number of amides is 2. The van der Waals surface area contributed by atoms with E-state index in [0.29, 0.717) is 54.4 Å². The topological polar surface area (TPSA) is 61.9 Å². The highest BCUT2D eigenvalue weighted by Crippen LogP contribution is 2.47. The number of anilines is 1. The highest BCUT2D eigenvalue weighted by atomic mass is 35.5. The summed E-state index contributed by atoms with van der Waals surface area (Å²) in [6.07, 6.45) is 4.56. The minimum absolute atomic E-state index is 0.0391. The first kappa shape index (κ1) is 25.5. The molecule has 2 unspecified atom stereocenters. The molecule has 0 aromatic heterocycles. The van der Waals surface area contributed by atoms with Gasteiger partial charge in [0.05, 0.1) is 19.8 Å². The molecule has 1 saturated heterocycles. The molecule has 0 radical (unpaired) electrons. The van der Waals surface area contributed by atoms with E-state index in [1.807, 2.05) is 41.3 Å². The van der Waals surface area contributed by atoms with Gasteiger partial charge in [-0.1, -0.05) is 61.2 Å². The third kappa shape index (κ3) is 5.01. The average molecular weight is 530 g/mol. The largest absolute Gasteiger partial charge is 0.378 e. The van der Waals surface area contributed by atoms with Crippen molar-refractivity contribution in [2.45, 2.75) is 50.6 Å². The second kappa shape index (κ2) is 10.7. The molecule has 2 heterocycles. The summed E-state index contributed by atoms with van der Waals surface area (Å²) in [5.74, 6) is 0.451. The molecule has 8 heteroatoms. The van der Waals surface area contributed by atoms with Crippen LogP contribution in [0.25, 0.3) is 0 Å². The molecule has 0 spiro atoms. The van der Waals surface area contributed by atoms with Crippen LogP contribution in [0.1, 0.15) is 43.7 Å². The van der Waals surface area contributed by atoms with E-state index >= 15 is 0 Å². The number of rotatable bonds is 6. The first-order chi connectivity index (χ1) is 17.4. The lowest BCUT2D eigenvalue weighted by atomic mass is 9.78. The van der Waals surface area contributed by atoms with Crippen molar-refractivity contribution >= 4 is 40.7 Å². The normalized spacial score (nSPS) is 26.1. The van der Waals surface area contributed by atoms with Crippen molar-refractivity contribution in [3.63, 3.8) is 0 Å². The Balaban J connectivity index is 1.62. The summed E-state index contributed by atoms with van der Waals surface area (Å²) in [5.41, 5.74) is 1.48. The Morgan fingerprint density at radius 1 is 1.14 bits per heavy atom. The number of halogens is 2. The van der Waals surface area contributed by atoms with E-state index in [-0.39, 0.29) is 24.4 Å². The van der Waals surface area contributed by atoms with Crippen molar-refractivity contribution in [1.82, 2.24) is 9.80 Å². The molecule has 2 aromatic rings. The van der Waals surface area contributed by atoms with Gasteiger partial charge in [0.2, 0.25) is 11.8 Å². The molecular weight excluding hydrogens is 497 g/mol. The van der Waals surface area contributed by atoms with Gasteiger partial charge in [-0.05, 0) is 48.6 Å². The number of hydrogen-bond acceptors (Lipinski definition) is 4. The average Bonchev–Trinajstić information content (AvgIpc) is 3.13. The fourth-order valence-corrected chi connectivity index (χ4v) is 6.54. The molecule has 3 aliphatic rings. The van der Waals surface area contributed by atoms with Crippen LogP contribution in [0.3, 0.4) is 0 Å². The number of nitrogens with zero attached hydrogens (tertiary/aromatic N) is 2. The quantitative estimate of drug-likeness (QED) is 0.563. The van der Waals surface area contributed by atoms with Gasteiger partial charge in [-0.3, -0.25) is 14.5 Å². The Morgan fingerprint density at radius 3 is 2.67 bits per heavy atom. The van der Waals surface area contributed by atoms with Crippen LogP contribution >= 0.6 is 23.2 Å². The number of fused-ring (bicyclic) bond motifs is 1. The van der Waals surface area contributed by atoms with Crippen LogP contribution in [-0.2, 0) is 26.3 Å². The summed E-state index contributed by atoms with van der Waals surface area (Å²) in [4.78, 5) is 31.8. The fraction of sp³-hybridized carbons (Fsp3) is 0.500. The Hall–Kier alpha value is -2.12. The SMILES string of the molecule is C[C@@H]1CCCC(N(CC(=O)N2CCOCC2)C2(Cc3cccc(Cl)c3)C(=O)Nc3cc(Cl)ccc32)C1. The van der Waals surface area contributed by atoms with Crippen molar-refractivity contribution in [2.24, 2.45) is 5.92 Å². The summed E-state index contributed by atoms with van der Waals surface area (Å²) in [7, 11) is 0. The Morgan fingerprint density at radius 2 is 1.92 bits per heavy atom. The third-order valence-corrected chi connectivity index (χ3v) is 8.38. The van der Waals surface area contributed by atoms with Gasteiger partial charge < -0.3 is 15.0 Å². The molecule has 6 nitrogen and oxygen atoms in total. The number of nitrogens with one attached hydrogen (secondary N) is 1. The van der Waals surface area contributed by atoms with Crippen LogP contribution in [0.5, 0.6) is 0 Å². The molecule has 2 fully saturated rings. The van der Waals surface area contributed by atoms with Crippen LogP contribution in [0.15, 0.2) is 42.5 Å². The molecule has 2 amide bonds. The number of morpholine rings is 1. The lowest BCUT2D eigenvalue weighted by Gasteiger charge is -2.47. The summed E-state index contributed by atoms with van der Waals surface area (Å²) < 4.78 is 5.47. The highest BCUT2D eigenvalue weighted by molar-refractivity contribution is 6.31. The van der Waals surface area contributed by atoms with Crippen LogP contribution in [0.2, 0.25) is 10.0 Å². The molecule has 2 aromatic carbocycles. The molecule has 5 rings (SSSR count). The summed E-state index contributed by atoms with van der Waals surface area (Å²) in [5, 5.41) is 4.29. The number of carbonyl (C=O) groups is 2. The maximum absolute atomic E-state index is 14.1. The molecule has 1 N–H and O–H groups in total. The van der Waals surface area contributed by atoms with Gasteiger partial charge in [-0.25, -0.2) is 0 Å². The predicted molar refractivity (Wildman–Crippen MR) is 142 cm³/mol. The zero-order valence-corrected chi connectivity index (χ0v) is 22.2. The molecule has 36 heavy (non-hydrogen) atoms. The zero-order chi connectivity index (χ0) is 25.3. The fourth-order valence-electron chi connectivity index (χ4n) is 6.15. The predicted octanol–water partition coefficient (Wildman–Crippen LogP) is 5.12. The molecular formula is C28H33Cl2N3O3. The van der Waals surface area contributed by atoms with Crippen molar-refractivity contribution in [1.29, 1.82) is 0 Å². The van der Waals surface area contributed by atoms with Crippen LogP contribution in [0, 0.1) is 5.92 Å². The second-order valence-corrected chi connectivity index (χ2v) is 11.2. The first-order valence-electron chi connectivity index (χ1n) is 12.8. The van der Waals surface area contributed by atoms with Crippen LogP contribution in [0.4, 0.5) is 5.69 Å². The molecule has 1 saturated carbocycles. The smallest absolute Gasteiger partial charge is 0.249 e. The maximum atomic E-state index is 14.1. The van der Waals surface area contributed by atoms with E-state index in [4.69, 9.17) is 27.9 Å². The van der Waals surface area contributed by atoms with Gasteiger partial charge >= 0.3 is 0 Å². The molecule has 0 bridgehead atoms. The van der Waals surface area contributed by atoms with Gasteiger partial charge in [0.1, 0.15) is 5.54 Å². The summed E-state index contributed by atoms with van der Waals surface area (Å²) in [6.45, 7) is 4.68. The van der Waals surface area contributed by atoms with Gasteiger partial charge in [-0.2, -0.15) is 0 Å². The lowest BCUT2D eigenvalue weighted by Crippen LogP contribution is -2.60. The van der Waals surface area contributed by atoms with E-state index in [1.165, 1.54) is 6.42 Å². The van der Waals surface area contributed by atoms with E-state index in [2.05, 4.69) is 17.1 Å². The Kier molecular flexibility index (Phi) is 7.59. The van der Waals surface area contributed by atoms with Crippen molar-refractivity contribution in [3.05, 3.63) is 63.6 Å². The maximum Gasteiger partial charge on any atom is 0.249 e. The Bertz CT molecular complexity index is 1140. The van der Waals surface area contributed by atoms with E-state index in [0.717, 1.165) is 30.4 Å². The molecule has 1 aliphatic carbocycles. The monoisotopic (exact) mass is 529 g/mol. The third-order valence-electron chi connectivity index (χ3n) is 7.91. The minimum atomic E-state index is -1.05. The number of carbonyl (C=O) groups excluding carboxylic acids is 2. The van der Waals surface area contributed by atoms with E-state index in [9.17, 15) is 9.59 Å². The van der Waals surface area contributed by atoms with Crippen LogP contribution in [-0.4, -0.2) is 60.5 Å². The van der Waals surface area contributed by atoms with Crippen LogP contribution < -0.4 is 5.32 Å². The molecule has 192 valence electrons. The summed E-state index contributed by atoms with van der Waals surface area (Å²) in [6, 6.07) is 13.3. The van der Waals surface area contributed by atoms with Crippen molar-refractivity contribution in [2.75, 3.05) is 38.2 Å². The van der Waals surface area contributed by atoms with Crippen molar-refractivity contribution < 1.29 is 14.3 Å². The second-order valence-electron chi connectivity index (χ2n) is 10.4. The van der Waals surface area contributed by atoms with Gasteiger partial charge in [0, 0.05) is 46.8 Å². The Labute approximate surface area is 222 Å². The summed E-state index contributed by atoms with van der Waals surface area (Å²) >= 11 is 12.7. The van der Waals surface area contributed by atoms with Crippen molar-refractivity contribution in [3.8, 4) is 0 Å². The number of ether oxygens (including phenoxy) is 1. The van der Waals surface area contributed by atoms with Gasteiger partial charge in [0.25, 0.3) is 0 Å².